The maximum Gasteiger partial charge on any atom is 0.261 e. The number of carbonyl (C=O) groups is 2. The topological polar surface area (TPSA) is 69.6 Å². The first-order valence-corrected chi connectivity index (χ1v) is 12.1. The zero-order chi connectivity index (χ0) is 23.8. The molecule has 174 valence electrons. The second-order valence-corrected chi connectivity index (χ2v) is 9.53. The molecule has 34 heavy (non-hydrogen) atoms. The van der Waals surface area contributed by atoms with Crippen LogP contribution in [-0.2, 0) is 4.79 Å². The van der Waals surface area contributed by atoms with E-state index in [1.54, 1.807) is 12.1 Å². The zero-order valence-corrected chi connectivity index (χ0v) is 19.7. The molecule has 2 atom stereocenters. The molecule has 0 radical (unpaired) electrons. The number of rotatable bonds is 6. The highest BCUT2D eigenvalue weighted by Gasteiger charge is 2.37. The Balaban J connectivity index is 1.22. The molecule has 1 heterocycles. The number of aromatic hydroxyl groups is 1. The van der Waals surface area contributed by atoms with Gasteiger partial charge >= 0.3 is 0 Å². The van der Waals surface area contributed by atoms with Crippen molar-refractivity contribution in [2.24, 2.45) is 5.92 Å². The molecule has 0 saturated carbocycles. The highest BCUT2D eigenvalue weighted by molar-refractivity contribution is 6.31. The van der Waals surface area contributed by atoms with Gasteiger partial charge in [-0.15, -0.1) is 0 Å². The number of hydrogen-bond donors (Lipinski definition) is 2. The summed E-state index contributed by atoms with van der Waals surface area (Å²) in [5, 5.41) is 13.0. The van der Waals surface area contributed by atoms with Crippen LogP contribution in [0.15, 0.2) is 66.4 Å². The summed E-state index contributed by atoms with van der Waals surface area (Å²) in [6.07, 6.45) is 8.67. The minimum absolute atomic E-state index is 0.163. The Kier molecular flexibility index (Phi) is 5.86. The molecule has 2 amide bonds. The van der Waals surface area contributed by atoms with Crippen molar-refractivity contribution in [3.63, 3.8) is 0 Å². The van der Waals surface area contributed by atoms with Gasteiger partial charge in [0.2, 0.25) is 0 Å². The van der Waals surface area contributed by atoms with E-state index in [-0.39, 0.29) is 17.6 Å². The lowest BCUT2D eigenvalue weighted by molar-refractivity contribution is -0.123. The molecular weight excluding hydrogens is 424 g/mol. The van der Waals surface area contributed by atoms with Gasteiger partial charge < -0.3 is 10.4 Å². The fraction of sp³-hybridized carbons (Fsp3) is 0.310. The Labute approximate surface area is 200 Å². The van der Waals surface area contributed by atoms with Gasteiger partial charge in [0, 0.05) is 35.5 Å². The van der Waals surface area contributed by atoms with Gasteiger partial charge in [-0.25, -0.2) is 0 Å². The van der Waals surface area contributed by atoms with Crippen LogP contribution in [0, 0.1) is 5.92 Å². The number of amides is 2. The van der Waals surface area contributed by atoms with Gasteiger partial charge in [0.15, 0.2) is 0 Å². The van der Waals surface area contributed by atoms with Crippen LogP contribution >= 0.6 is 0 Å². The summed E-state index contributed by atoms with van der Waals surface area (Å²) in [5.41, 5.74) is 6.83. The predicted octanol–water partition coefficient (Wildman–Crippen LogP) is 5.25. The molecule has 2 aliphatic carbocycles. The Morgan fingerprint density at radius 2 is 1.79 bits per heavy atom. The number of carbonyl (C=O) groups excluding carboxylic acids is 2. The van der Waals surface area contributed by atoms with Crippen LogP contribution in [0.1, 0.15) is 66.1 Å². The molecule has 5 heteroatoms. The normalized spacial score (nSPS) is 21.5. The van der Waals surface area contributed by atoms with Gasteiger partial charge in [-0.05, 0) is 72.1 Å². The van der Waals surface area contributed by atoms with E-state index in [0.717, 1.165) is 35.2 Å². The molecule has 0 spiro atoms. The molecule has 2 aromatic rings. The summed E-state index contributed by atoms with van der Waals surface area (Å²) in [6, 6.07) is 13.1. The number of nitrogens with one attached hydrogen (secondary N) is 1. The summed E-state index contributed by atoms with van der Waals surface area (Å²) in [7, 11) is 0. The average molecular weight is 455 g/mol. The SMILES string of the molecule is CC1CC(c2ccc(O)cc2)=CC=C1NCCCN1C(=O)C2=CCC(C)c3cccc(c32)C1=O. The Bertz CT molecular complexity index is 1240. The molecule has 0 bridgehead atoms. The van der Waals surface area contributed by atoms with Crippen molar-refractivity contribution >= 4 is 23.0 Å². The minimum Gasteiger partial charge on any atom is -0.508 e. The molecule has 1 aliphatic heterocycles. The van der Waals surface area contributed by atoms with Crippen molar-refractivity contribution in [3.8, 4) is 5.75 Å². The van der Waals surface area contributed by atoms with Gasteiger partial charge in [-0.2, -0.15) is 0 Å². The minimum atomic E-state index is -0.181. The lowest BCUT2D eigenvalue weighted by Gasteiger charge is -2.33. The summed E-state index contributed by atoms with van der Waals surface area (Å²) < 4.78 is 0. The van der Waals surface area contributed by atoms with Crippen molar-refractivity contribution in [3.05, 3.63) is 88.6 Å². The van der Waals surface area contributed by atoms with Crippen molar-refractivity contribution in [1.82, 2.24) is 10.2 Å². The second-order valence-electron chi connectivity index (χ2n) is 9.53. The van der Waals surface area contributed by atoms with E-state index in [1.807, 2.05) is 36.4 Å². The molecule has 2 N–H and O–H groups in total. The third kappa shape index (κ3) is 3.96. The highest BCUT2D eigenvalue weighted by Crippen LogP contribution is 2.40. The first-order valence-electron chi connectivity index (χ1n) is 12.1. The number of phenols is 1. The summed E-state index contributed by atoms with van der Waals surface area (Å²) in [6.45, 7) is 5.42. The molecule has 3 aliphatic rings. The number of phenolic OH excluding ortho intramolecular Hbond substituents is 1. The molecule has 5 nitrogen and oxygen atoms in total. The van der Waals surface area contributed by atoms with Crippen LogP contribution in [0.4, 0.5) is 0 Å². The van der Waals surface area contributed by atoms with Crippen molar-refractivity contribution in [2.75, 3.05) is 13.1 Å². The summed E-state index contributed by atoms with van der Waals surface area (Å²) in [5.74, 6) is 0.592. The van der Waals surface area contributed by atoms with Gasteiger partial charge in [0.25, 0.3) is 11.8 Å². The van der Waals surface area contributed by atoms with Gasteiger partial charge in [0.05, 0.1) is 0 Å². The fourth-order valence-corrected chi connectivity index (χ4v) is 5.22. The quantitative estimate of drug-likeness (QED) is 0.462. The largest absolute Gasteiger partial charge is 0.508 e. The molecular formula is C29H30N2O3. The lowest BCUT2D eigenvalue weighted by atomic mass is 9.79. The van der Waals surface area contributed by atoms with E-state index in [1.165, 1.54) is 10.5 Å². The van der Waals surface area contributed by atoms with Gasteiger partial charge in [-0.1, -0.05) is 50.3 Å². The first kappa shape index (κ1) is 22.2. The Morgan fingerprint density at radius 1 is 1.00 bits per heavy atom. The molecule has 2 aromatic carbocycles. The van der Waals surface area contributed by atoms with Crippen LogP contribution in [0.5, 0.6) is 5.75 Å². The third-order valence-electron chi connectivity index (χ3n) is 7.17. The smallest absolute Gasteiger partial charge is 0.261 e. The lowest BCUT2D eigenvalue weighted by Crippen LogP contribution is -2.43. The average Bonchev–Trinajstić information content (AvgIpc) is 2.84. The van der Waals surface area contributed by atoms with Crippen LogP contribution in [0.3, 0.4) is 0 Å². The van der Waals surface area contributed by atoms with E-state index in [0.29, 0.717) is 42.5 Å². The van der Waals surface area contributed by atoms with Gasteiger partial charge in [-0.3, -0.25) is 14.5 Å². The number of hydrogen-bond acceptors (Lipinski definition) is 4. The van der Waals surface area contributed by atoms with Crippen LogP contribution in [0.25, 0.3) is 11.1 Å². The predicted molar refractivity (Wildman–Crippen MR) is 134 cm³/mol. The van der Waals surface area contributed by atoms with E-state index in [4.69, 9.17) is 0 Å². The summed E-state index contributed by atoms with van der Waals surface area (Å²) in [4.78, 5) is 27.7. The third-order valence-corrected chi connectivity index (χ3v) is 7.17. The van der Waals surface area contributed by atoms with Crippen molar-refractivity contribution in [1.29, 1.82) is 0 Å². The number of imide groups is 1. The monoisotopic (exact) mass is 454 g/mol. The van der Waals surface area contributed by atoms with Crippen LogP contribution in [-0.4, -0.2) is 34.9 Å². The van der Waals surface area contributed by atoms with Crippen molar-refractivity contribution in [2.45, 2.75) is 39.0 Å². The van der Waals surface area contributed by atoms with E-state index in [9.17, 15) is 14.7 Å². The molecule has 0 aromatic heterocycles. The molecule has 5 rings (SSSR count). The molecule has 0 saturated heterocycles. The van der Waals surface area contributed by atoms with E-state index < -0.39 is 0 Å². The second kappa shape index (κ2) is 8.98. The standard InChI is InChI=1S/C29H30N2O3/c1-18-7-13-25-27-23(18)5-3-6-24(27)28(33)31(29(25)34)16-4-15-30-26-14-10-21(17-19(26)2)20-8-11-22(32)12-9-20/h3,5-6,8-14,18-19,30,32H,4,7,15-17H2,1-2H3. The van der Waals surface area contributed by atoms with Gasteiger partial charge in [0.1, 0.15) is 5.75 Å². The maximum absolute atomic E-state index is 13.1. The molecule has 2 unspecified atom stereocenters. The van der Waals surface area contributed by atoms with Crippen molar-refractivity contribution < 1.29 is 14.7 Å². The number of nitrogens with zero attached hydrogens (tertiary/aromatic N) is 1. The highest BCUT2D eigenvalue weighted by atomic mass is 16.3. The zero-order valence-electron chi connectivity index (χ0n) is 19.7. The fourth-order valence-electron chi connectivity index (χ4n) is 5.22. The number of benzene rings is 2. The van der Waals surface area contributed by atoms with Crippen LogP contribution < -0.4 is 5.32 Å². The van der Waals surface area contributed by atoms with E-state index in [2.05, 4.69) is 31.3 Å². The Morgan fingerprint density at radius 3 is 2.56 bits per heavy atom. The van der Waals surface area contributed by atoms with Crippen LogP contribution in [0.2, 0.25) is 0 Å². The number of allylic oxidation sites excluding steroid dienone is 5. The first-order chi connectivity index (χ1) is 16.4. The molecule has 0 fully saturated rings. The van der Waals surface area contributed by atoms with E-state index >= 15 is 0 Å². The Hall–Kier alpha value is -3.60. The maximum atomic E-state index is 13.1. The summed E-state index contributed by atoms with van der Waals surface area (Å²) >= 11 is 0.